The Labute approximate surface area is 241 Å². The van der Waals surface area contributed by atoms with Gasteiger partial charge in [0.25, 0.3) is 11.8 Å². The number of methoxy groups -OCH3 is 1. The largest absolute Gasteiger partial charge is 0.492 e. The van der Waals surface area contributed by atoms with Gasteiger partial charge in [-0.05, 0) is 56.7 Å². The van der Waals surface area contributed by atoms with Crippen molar-refractivity contribution >= 4 is 22.7 Å². The van der Waals surface area contributed by atoms with Crippen LogP contribution in [0.15, 0.2) is 54.6 Å². The molecule has 2 saturated heterocycles. The van der Waals surface area contributed by atoms with Crippen LogP contribution < -0.4 is 9.47 Å². The number of carbonyl (C=O) groups excluding carboxylic acids is 2. The number of aromatic nitrogens is 1. The number of pyridine rings is 1. The van der Waals surface area contributed by atoms with E-state index in [1.165, 1.54) is 0 Å². The molecule has 3 aliphatic heterocycles. The highest BCUT2D eigenvalue weighted by Gasteiger charge is 2.38. The molecule has 8 nitrogen and oxygen atoms in total. The average molecular weight is 558 g/mol. The summed E-state index contributed by atoms with van der Waals surface area (Å²) in [5, 5.41) is 0.835. The molecule has 216 valence electrons. The minimum Gasteiger partial charge on any atom is -0.492 e. The zero-order chi connectivity index (χ0) is 28.2. The van der Waals surface area contributed by atoms with E-state index in [2.05, 4.69) is 4.98 Å². The van der Waals surface area contributed by atoms with Gasteiger partial charge in [0.2, 0.25) is 5.88 Å². The minimum absolute atomic E-state index is 0.00284. The lowest BCUT2D eigenvalue weighted by molar-refractivity contribution is 0.0304. The van der Waals surface area contributed by atoms with E-state index in [0.717, 1.165) is 62.4 Å². The predicted octanol–water partition coefficient (Wildman–Crippen LogP) is 5.35. The Bertz CT molecular complexity index is 1400. The number of piperidine rings is 1. The van der Waals surface area contributed by atoms with Gasteiger partial charge in [0.15, 0.2) is 0 Å². The summed E-state index contributed by atoms with van der Waals surface area (Å²) in [6.45, 7) is 3.86. The monoisotopic (exact) mass is 557 g/mol. The van der Waals surface area contributed by atoms with Gasteiger partial charge in [-0.2, -0.15) is 0 Å². The molecule has 0 aliphatic carbocycles. The second kappa shape index (κ2) is 12.1. The van der Waals surface area contributed by atoms with Gasteiger partial charge in [-0.1, -0.05) is 36.8 Å². The summed E-state index contributed by atoms with van der Waals surface area (Å²) in [4.78, 5) is 35.8. The number of rotatable bonds is 2. The Balaban J connectivity index is 1.21. The molecule has 0 saturated carbocycles. The van der Waals surface area contributed by atoms with Crippen LogP contribution in [0, 0.1) is 5.41 Å². The maximum absolute atomic E-state index is 13.8. The van der Waals surface area contributed by atoms with E-state index in [0.29, 0.717) is 55.7 Å². The van der Waals surface area contributed by atoms with Crippen molar-refractivity contribution in [3.05, 3.63) is 65.7 Å². The highest BCUT2D eigenvalue weighted by Crippen LogP contribution is 2.39. The molecule has 2 fully saturated rings. The molecular weight excluding hydrogens is 518 g/mol. The smallest absolute Gasteiger partial charge is 0.257 e. The molecular formula is C33H39N3O5. The number of amides is 2. The van der Waals surface area contributed by atoms with Crippen molar-refractivity contribution < 1.29 is 23.8 Å². The summed E-state index contributed by atoms with van der Waals surface area (Å²) in [5.41, 5.74) is 1.91. The molecule has 1 atom stereocenters. The number of likely N-dealkylation sites (tertiary alicyclic amines) is 1. The Morgan fingerprint density at radius 2 is 1.80 bits per heavy atom. The van der Waals surface area contributed by atoms with Gasteiger partial charge in [-0.25, -0.2) is 4.98 Å². The number of ether oxygens (including phenoxy) is 3. The van der Waals surface area contributed by atoms with Crippen LogP contribution in [0.25, 0.3) is 10.9 Å². The first kappa shape index (κ1) is 27.5. The first-order valence-corrected chi connectivity index (χ1v) is 14.9. The van der Waals surface area contributed by atoms with Gasteiger partial charge < -0.3 is 24.0 Å². The minimum atomic E-state index is -0.0781. The van der Waals surface area contributed by atoms with E-state index < -0.39 is 0 Å². The number of para-hydroxylation sites is 2. The second-order valence-electron chi connectivity index (χ2n) is 11.6. The Hall–Kier alpha value is -3.65. The molecule has 8 heteroatoms. The van der Waals surface area contributed by atoms with Crippen LogP contribution in [0.4, 0.5) is 0 Å². The maximum Gasteiger partial charge on any atom is 0.257 e. The summed E-state index contributed by atoms with van der Waals surface area (Å²) in [7, 11) is 1.57. The highest BCUT2D eigenvalue weighted by atomic mass is 16.5. The fraction of sp³-hybridized carbons (Fsp3) is 0.485. The van der Waals surface area contributed by atoms with E-state index in [9.17, 15) is 9.59 Å². The molecule has 1 aromatic heterocycles. The Morgan fingerprint density at radius 1 is 1.00 bits per heavy atom. The maximum atomic E-state index is 13.8. The van der Waals surface area contributed by atoms with Gasteiger partial charge in [-0.3, -0.25) is 9.59 Å². The topological polar surface area (TPSA) is 81.2 Å². The summed E-state index contributed by atoms with van der Waals surface area (Å²) in [6.07, 6.45) is 6.67. The number of carbonyl (C=O) groups is 2. The number of benzene rings is 2. The summed E-state index contributed by atoms with van der Waals surface area (Å²) in [5.74, 6) is 1.12. The van der Waals surface area contributed by atoms with Crippen molar-refractivity contribution in [1.82, 2.24) is 14.8 Å². The van der Waals surface area contributed by atoms with Crippen molar-refractivity contribution in [3.63, 3.8) is 0 Å². The van der Waals surface area contributed by atoms with Crippen LogP contribution in [-0.4, -0.2) is 79.2 Å². The predicted molar refractivity (Wildman–Crippen MR) is 157 cm³/mol. The number of fused-ring (bicyclic) bond motifs is 3. The van der Waals surface area contributed by atoms with Crippen LogP contribution in [0.3, 0.4) is 0 Å². The molecule has 1 spiro atoms. The summed E-state index contributed by atoms with van der Waals surface area (Å²) < 4.78 is 18.0. The van der Waals surface area contributed by atoms with Crippen LogP contribution in [0.5, 0.6) is 11.6 Å². The number of nitrogens with zero attached hydrogens (tertiary/aromatic N) is 3. The van der Waals surface area contributed by atoms with Gasteiger partial charge >= 0.3 is 0 Å². The Morgan fingerprint density at radius 3 is 2.66 bits per heavy atom. The van der Waals surface area contributed by atoms with Crippen molar-refractivity contribution in [2.45, 2.75) is 51.0 Å². The average Bonchev–Trinajstić information content (AvgIpc) is 3.49. The quantitative estimate of drug-likeness (QED) is 0.423. The lowest BCUT2D eigenvalue weighted by Gasteiger charge is -2.42. The molecule has 4 heterocycles. The number of hydrogen-bond acceptors (Lipinski definition) is 6. The van der Waals surface area contributed by atoms with Crippen molar-refractivity contribution in [2.75, 3.05) is 46.6 Å². The first-order chi connectivity index (χ1) is 20.1. The zero-order valence-electron chi connectivity index (χ0n) is 23.8. The van der Waals surface area contributed by atoms with Crippen LogP contribution in [-0.2, 0) is 4.74 Å². The van der Waals surface area contributed by atoms with Crippen LogP contribution in [0.1, 0.15) is 65.7 Å². The number of hydrogen-bond donors (Lipinski definition) is 0. The molecule has 0 bridgehead atoms. The molecule has 6 rings (SSSR count). The fourth-order valence-electron chi connectivity index (χ4n) is 6.61. The van der Waals surface area contributed by atoms with E-state index in [1.54, 1.807) is 13.2 Å². The van der Waals surface area contributed by atoms with E-state index in [4.69, 9.17) is 14.2 Å². The normalized spacial score (nSPS) is 21.6. The van der Waals surface area contributed by atoms with Gasteiger partial charge in [0.05, 0.1) is 43.0 Å². The molecule has 41 heavy (non-hydrogen) atoms. The summed E-state index contributed by atoms with van der Waals surface area (Å²) >= 11 is 0. The van der Waals surface area contributed by atoms with E-state index in [1.807, 2.05) is 58.3 Å². The van der Waals surface area contributed by atoms with Gasteiger partial charge in [0.1, 0.15) is 5.75 Å². The highest BCUT2D eigenvalue weighted by molar-refractivity contribution is 6.06. The molecule has 0 N–H and O–H groups in total. The van der Waals surface area contributed by atoms with Gasteiger partial charge in [0, 0.05) is 43.1 Å². The van der Waals surface area contributed by atoms with Crippen LogP contribution in [0.2, 0.25) is 0 Å². The third-order valence-corrected chi connectivity index (χ3v) is 9.09. The molecule has 2 amide bonds. The fourth-order valence-corrected chi connectivity index (χ4v) is 6.61. The molecule has 2 aromatic carbocycles. The van der Waals surface area contributed by atoms with E-state index >= 15 is 0 Å². The zero-order valence-corrected chi connectivity index (χ0v) is 23.8. The van der Waals surface area contributed by atoms with Crippen molar-refractivity contribution in [2.24, 2.45) is 5.41 Å². The van der Waals surface area contributed by atoms with Crippen molar-refractivity contribution in [3.8, 4) is 11.6 Å². The van der Waals surface area contributed by atoms with E-state index in [-0.39, 0.29) is 23.3 Å². The molecule has 3 aromatic rings. The van der Waals surface area contributed by atoms with Gasteiger partial charge in [-0.15, -0.1) is 0 Å². The Kier molecular flexibility index (Phi) is 8.10. The molecule has 0 radical (unpaired) electrons. The second-order valence-corrected chi connectivity index (χ2v) is 11.6. The lowest BCUT2D eigenvalue weighted by atomic mass is 9.75. The molecule has 0 unspecified atom stereocenters. The lowest BCUT2D eigenvalue weighted by Crippen LogP contribution is -2.45. The SMILES string of the molecule is COc1cc(C(=O)N2CCC3(CCCCOC[C@@H]4CCCN4C(=O)c4ccccc4OC3)CC2)c2ccccc2n1. The first-order valence-electron chi connectivity index (χ1n) is 14.9. The van der Waals surface area contributed by atoms with Crippen LogP contribution >= 0.6 is 0 Å². The third kappa shape index (κ3) is 5.75. The van der Waals surface area contributed by atoms with Crippen molar-refractivity contribution in [1.29, 1.82) is 0 Å². The summed E-state index contributed by atoms with van der Waals surface area (Å²) in [6, 6.07) is 17.2. The third-order valence-electron chi connectivity index (χ3n) is 9.09. The standard InChI is InChI=1S/C33H39N3O5/c1-39-30-21-27(25-10-2-4-12-28(25)34-30)31(37)35-18-15-33(16-19-35)14-6-7-20-40-22-24-9-8-17-36(24)32(38)26-11-3-5-13-29(26)41-23-33/h2-5,10-13,21,24H,6-9,14-20,22-23H2,1H3/t24-/m0/s1. The molecule has 3 aliphatic rings.